The van der Waals surface area contributed by atoms with Crippen LogP contribution in [-0.4, -0.2) is 31.5 Å². The summed E-state index contributed by atoms with van der Waals surface area (Å²) in [7, 11) is 1.55. The predicted octanol–water partition coefficient (Wildman–Crippen LogP) is 1.28. The van der Waals surface area contributed by atoms with Crippen molar-refractivity contribution in [2.75, 3.05) is 19.6 Å². The van der Waals surface area contributed by atoms with E-state index in [0.717, 1.165) is 0 Å². The van der Waals surface area contributed by atoms with Crippen LogP contribution in [0, 0.1) is 0 Å². The normalized spacial score (nSPS) is 21.5. The lowest BCUT2D eigenvalue weighted by Crippen LogP contribution is -2.24. The lowest BCUT2D eigenvalue weighted by molar-refractivity contribution is -0.122. The molecule has 0 heterocycles. The van der Waals surface area contributed by atoms with Gasteiger partial charge < -0.3 is 9.47 Å². The number of ketones is 1. The van der Waals surface area contributed by atoms with Crippen LogP contribution in [0.3, 0.4) is 0 Å². The Balaban J connectivity index is 2.57. The van der Waals surface area contributed by atoms with Crippen molar-refractivity contribution in [2.45, 2.75) is 6.10 Å². The van der Waals surface area contributed by atoms with Gasteiger partial charge in [0.15, 0.2) is 5.78 Å². The average Bonchev–Trinajstić information content (AvgIpc) is 2.17. The minimum absolute atomic E-state index is 0.0779. The van der Waals surface area contributed by atoms with Gasteiger partial charge in [0.1, 0.15) is 11.9 Å². The predicted molar refractivity (Wildman–Crippen MR) is 49.7 cm³/mol. The van der Waals surface area contributed by atoms with Crippen molar-refractivity contribution in [3.8, 4) is 0 Å². The van der Waals surface area contributed by atoms with Gasteiger partial charge >= 0.3 is 0 Å². The third kappa shape index (κ3) is 2.86. The number of hydrogen-bond donors (Lipinski definition) is 0. The van der Waals surface area contributed by atoms with E-state index in [-0.39, 0.29) is 5.78 Å². The summed E-state index contributed by atoms with van der Waals surface area (Å²) in [4.78, 5) is 11.2. The number of ether oxygens (including phenoxy) is 2. The number of carbonyl (C=O) groups is 1. The molecule has 0 aromatic carbocycles. The molecule has 0 aromatic heterocycles. The smallest absolute Gasteiger partial charge is 0.188 e. The maximum absolute atomic E-state index is 11.2. The van der Waals surface area contributed by atoms with Crippen LogP contribution >= 0.6 is 11.6 Å². The number of allylic oxidation sites excluding steroid dienone is 1. The first-order valence-electron chi connectivity index (χ1n) is 3.93. The number of alkyl halides is 1. The van der Waals surface area contributed by atoms with E-state index in [9.17, 15) is 4.79 Å². The Morgan fingerprint density at radius 1 is 1.54 bits per heavy atom. The standard InChI is InChI=1S/C9H11ClO3/c1-12-7-2-3-8(11)9(6-7)13-5-4-10/h2-3,6,9H,4-5H2,1H3. The van der Waals surface area contributed by atoms with Gasteiger partial charge in [-0.15, -0.1) is 11.6 Å². The fraction of sp³-hybridized carbons (Fsp3) is 0.444. The molecule has 72 valence electrons. The molecule has 13 heavy (non-hydrogen) atoms. The van der Waals surface area contributed by atoms with E-state index >= 15 is 0 Å². The number of carbonyl (C=O) groups excluding carboxylic acids is 1. The zero-order chi connectivity index (χ0) is 9.68. The van der Waals surface area contributed by atoms with Crippen molar-refractivity contribution in [1.82, 2.24) is 0 Å². The molecule has 0 aromatic rings. The van der Waals surface area contributed by atoms with E-state index in [0.29, 0.717) is 18.2 Å². The molecular weight excluding hydrogens is 192 g/mol. The molecule has 0 radical (unpaired) electrons. The summed E-state index contributed by atoms with van der Waals surface area (Å²) in [6.45, 7) is 0.360. The van der Waals surface area contributed by atoms with Gasteiger partial charge in [-0.2, -0.15) is 0 Å². The summed E-state index contributed by atoms with van der Waals surface area (Å²) in [5.41, 5.74) is 0. The third-order valence-electron chi connectivity index (χ3n) is 1.62. The number of halogens is 1. The summed E-state index contributed by atoms with van der Waals surface area (Å²) >= 11 is 5.43. The van der Waals surface area contributed by atoms with E-state index in [1.807, 2.05) is 0 Å². The quantitative estimate of drug-likeness (QED) is 0.645. The third-order valence-corrected chi connectivity index (χ3v) is 1.77. The maximum atomic E-state index is 11.2. The Bertz CT molecular complexity index is 245. The molecule has 0 N–H and O–H groups in total. The van der Waals surface area contributed by atoms with Gasteiger partial charge in [0, 0.05) is 5.88 Å². The highest BCUT2D eigenvalue weighted by molar-refractivity contribution is 6.18. The van der Waals surface area contributed by atoms with Crippen LogP contribution in [0.25, 0.3) is 0 Å². The van der Waals surface area contributed by atoms with Crippen molar-refractivity contribution in [2.24, 2.45) is 0 Å². The zero-order valence-electron chi connectivity index (χ0n) is 7.33. The molecule has 1 atom stereocenters. The summed E-state index contributed by atoms with van der Waals surface area (Å²) in [5.74, 6) is 0.939. The SMILES string of the molecule is COC1=CC(OCCCl)C(=O)C=C1. The molecule has 0 saturated heterocycles. The largest absolute Gasteiger partial charge is 0.497 e. The molecule has 3 nitrogen and oxygen atoms in total. The molecule has 0 aliphatic heterocycles. The van der Waals surface area contributed by atoms with Crippen LogP contribution in [-0.2, 0) is 14.3 Å². The Labute approximate surface area is 82.0 Å². The molecule has 1 unspecified atom stereocenters. The molecule has 0 fully saturated rings. The highest BCUT2D eigenvalue weighted by Gasteiger charge is 2.18. The van der Waals surface area contributed by atoms with Crippen LogP contribution in [0.1, 0.15) is 0 Å². The second kappa shape index (κ2) is 5.04. The van der Waals surface area contributed by atoms with Crippen molar-refractivity contribution >= 4 is 17.4 Å². The van der Waals surface area contributed by atoms with E-state index < -0.39 is 6.10 Å². The van der Waals surface area contributed by atoms with E-state index in [1.54, 1.807) is 19.3 Å². The lowest BCUT2D eigenvalue weighted by Gasteiger charge is -2.14. The van der Waals surface area contributed by atoms with Crippen LogP contribution in [0.5, 0.6) is 0 Å². The van der Waals surface area contributed by atoms with Gasteiger partial charge in [-0.1, -0.05) is 0 Å². The number of hydrogen-bond acceptors (Lipinski definition) is 3. The lowest BCUT2D eigenvalue weighted by atomic mass is 10.1. The molecule has 1 aliphatic carbocycles. The Morgan fingerprint density at radius 2 is 2.31 bits per heavy atom. The maximum Gasteiger partial charge on any atom is 0.188 e. The Morgan fingerprint density at radius 3 is 2.92 bits per heavy atom. The first-order chi connectivity index (χ1) is 6.27. The number of methoxy groups -OCH3 is 1. The van der Waals surface area contributed by atoms with Crippen LogP contribution < -0.4 is 0 Å². The number of rotatable bonds is 4. The van der Waals surface area contributed by atoms with Crippen LogP contribution in [0.4, 0.5) is 0 Å². The van der Waals surface area contributed by atoms with Crippen LogP contribution in [0.2, 0.25) is 0 Å². The van der Waals surface area contributed by atoms with Crippen molar-refractivity contribution in [3.05, 3.63) is 24.0 Å². The molecule has 4 heteroatoms. The minimum atomic E-state index is -0.543. The van der Waals surface area contributed by atoms with E-state index in [4.69, 9.17) is 21.1 Å². The summed E-state index contributed by atoms with van der Waals surface area (Å²) in [6, 6.07) is 0. The summed E-state index contributed by atoms with van der Waals surface area (Å²) < 4.78 is 10.1. The second-order valence-corrected chi connectivity index (χ2v) is 2.87. The molecule has 1 rings (SSSR count). The first-order valence-corrected chi connectivity index (χ1v) is 4.46. The highest BCUT2D eigenvalue weighted by atomic mass is 35.5. The van der Waals surface area contributed by atoms with E-state index in [2.05, 4.69) is 0 Å². The molecule has 0 spiro atoms. The first kappa shape index (κ1) is 10.3. The Hall–Kier alpha value is -0.800. The monoisotopic (exact) mass is 202 g/mol. The van der Waals surface area contributed by atoms with Crippen molar-refractivity contribution < 1.29 is 14.3 Å². The van der Waals surface area contributed by atoms with Gasteiger partial charge in [0.05, 0.1) is 13.7 Å². The van der Waals surface area contributed by atoms with Gasteiger partial charge in [-0.3, -0.25) is 4.79 Å². The Kier molecular flexibility index (Phi) is 3.99. The van der Waals surface area contributed by atoms with Crippen molar-refractivity contribution in [1.29, 1.82) is 0 Å². The fourth-order valence-corrected chi connectivity index (χ4v) is 1.07. The average molecular weight is 203 g/mol. The summed E-state index contributed by atoms with van der Waals surface area (Å²) in [6.07, 6.45) is 4.15. The zero-order valence-corrected chi connectivity index (χ0v) is 8.08. The summed E-state index contributed by atoms with van der Waals surface area (Å²) in [5, 5.41) is 0. The molecular formula is C9H11ClO3. The van der Waals surface area contributed by atoms with Gasteiger partial charge in [-0.05, 0) is 18.2 Å². The van der Waals surface area contributed by atoms with Crippen molar-refractivity contribution in [3.63, 3.8) is 0 Å². The molecule has 0 bridgehead atoms. The van der Waals surface area contributed by atoms with Gasteiger partial charge in [0.25, 0.3) is 0 Å². The molecule has 0 saturated carbocycles. The second-order valence-electron chi connectivity index (χ2n) is 2.49. The van der Waals surface area contributed by atoms with Gasteiger partial charge in [0.2, 0.25) is 0 Å². The molecule has 1 aliphatic rings. The highest BCUT2D eigenvalue weighted by Crippen LogP contribution is 2.11. The minimum Gasteiger partial charge on any atom is -0.497 e. The van der Waals surface area contributed by atoms with E-state index in [1.165, 1.54) is 6.08 Å². The fourth-order valence-electron chi connectivity index (χ4n) is 0.984. The molecule has 0 amide bonds. The van der Waals surface area contributed by atoms with Crippen LogP contribution in [0.15, 0.2) is 24.0 Å². The topological polar surface area (TPSA) is 35.5 Å². The van der Waals surface area contributed by atoms with Gasteiger partial charge in [-0.25, -0.2) is 0 Å².